The van der Waals surface area contributed by atoms with Crippen molar-refractivity contribution in [2.45, 2.75) is 19.9 Å². The highest BCUT2D eigenvalue weighted by Gasteiger charge is 2.23. The molecule has 1 atom stereocenters. The van der Waals surface area contributed by atoms with E-state index in [2.05, 4.69) is 10.1 Å². The molecule has 2 aromatic carbocycles. The van der Waals surface area contributed by atoms with Crippen molar-refractivity contribution in [1.29, 1.82) is 0 Å². The molecule has 0 aliphatic rings. The fourth-order valence-corrected chi connectivity index (χ4v) is 2.61. The summed E-state index contributed by atoms with van der Waals surface area (Å²) in [6.07, 6.45) is 0. The predicted octanol–water partition coefficient (Wildman–Crippen LogP) is 3.69. The predicted molar refractivity (Wildman–Crippen MR) is 93.0 cm³/mol. The van der Waals surface area contributed by atoms with Gasteiger partial charge < -0.3 is 4.90 Å². The van der Waals surface area contributed by atoms with Crippen molar-refractivity contribution >= 4 is 5.91 Å². The minimum atomic E-state index is -0.356. The van der Waals surface area contributed by atoms with Gasteiger partial charge in [-0.25, -0.2) is 18.4 Å². The van der Waals surface area contributed by atoms with E-state index in [1.165, 1.54) is 33.8 Å². The molecule has 134 valence electrons. The number of rotatable bonds is 4. The Hall–Kier alpha value is -3.09. The van der Waals surface area contributed by atoms with E-state index in [9.17, 15) is 13.6 Å². The van der Waals surface area contributed by atoms with Gasteiger partial charge in [0.25, 0.3) is 5.91 Å². The number of carbonyl (C=O) groups excluding carboxylic acids is 1. The number of carbonyl (C=O) groups is 1. The summed E-state index contributed by atoms with van der Waals surface area (Å²) in [6.45, 7) is 3.56. The number of aryl methyl sites for hydroxylation is 1. The number of halogens is 2. The largest absolute Gasteiger partial charge is 0.332 e. The SMILES string of the molecule is Cc1nc(C(=O)N(C)C(C)c2ccc(F)cc2)nn1-c1ccc(F)cc1. The number of benzene rings is 2. The van der Waals surface area contributed by atoms with Crippen LogP contribution in [0.1, 0.15) is 35.0 Å². The van der Waals surface area contributed by atoms with E-state index in [1.54, 1.807) is 38.2 Å². The molecule has 5 nitrogen and oxygen atoms in total. The second kappa shape index (κ2) is 7.03. The van der Waals surface area contributed by atoms with Crippen molar-refractivity contribution in [3.8, 4) is 5.69 Å². The minimum absolute atomic E-state index is 0.0447. The Kier molecular flexibility index (Phi) is 4.79. The van der Waals surface area contributed by atoms with Gasteiger partial charge in [0.1, 0.15) is 17.5 Å². The minimum Gasteiger partial charge on any atom is -0.332 e. The molecule has 1 aromatic heterocycles. The summed E-state index contributed by atoms with van der Waals surface area (Å²) in [7, 11) is 1.64. The maximum atomic E-state index is 13.1. The van der Waals surface area contributed by atoms with E-state index in [4.69, 9.17) is 0 Å². The molecule has 0 saturated carbocycles. The quantitative estimate of drug-likeness (QED) is 0.716. The van der Waals surface area contributed by atoms with Gasteiger partial charge in [0.2, 0.25) is 5.82 Å². The zero-order valence-corrected chi connectivity index (χ0v) is 14.6. The average molecular weight is 356 g/mol. The Morgan fingerprint density at radius 2 is 1.58 bits per heavy atom. The van der Waals surface area contributed by atoms with Gasteiger partial charge in [-0.2, -0.15) is 0 Å². The summed E-state index contributed by atoms with van der Waals surface area (Å²) >= 11 is 0. The van der Waals surface area contributed by atoms with Gasteiger partial charge in [-0.15, -0.1) is 5.10 Å². The molecule has 0 fully saturated rings. The Morgan fingerprint density at radius 3 is 2.15 bits per heavy atom. The van der Waals surface area contributed by atoms with Crippen LogP contribution < -0.4 is 0 Å². The normalized spacial score (nSPS) is 12.0. The third kappa shape index (κ3) is 3.46. The molecule has 0 spiro atoms. The molecule has 3 aromatic rings. The van der Waals surface area contributed by atoms with Crippen LogP contribution in [0.5, 0.6) is 0 Å². The van der Waals surface area contributed by atoms with Gasteiger partial charge in [0.05, 0.1) is 11.7 Å². The monoisotopic (exact) mass is 356 g/mol. The first-order chi connectivity index (χ1) is 12.4. The lowest BCUT2D eigenvalue weighted by Gasteiger charge is -2.24. The summed E-state index contributed by atoms with van der Waals surface area (Å²) in [6, 6.07) is 11.5. The van der Waals surface area contributed by atoms with E-state index >= 15 is 0 Å². The van der Waals surface area contributed by atoms with Crippen molar-refractivity contribution < 1.29 is 13.6 Å². The van der Waals surface area contributed by atoms with E-state index in [1.807, 2.05) is 6.92 Å². The molecule has 3 rings (SSSR count). The first-order valence-electron chi connectivity index (χ1n) is 8.09. The van der Waals surface area contributed by atoms with Crippen LogP contribution in [0.3, 0.4) is 0 Å². The van der Waals surface area contributed by atoms with Crippen LogP contribution in [0.25, 0.3) is 5.69 Å². The lowest BCUT2D eigenvalue weighted by molar-refractivity contribution is 0.0730. The molecule has 1 amide bonds. The molecule has 7 heteroatoms. The number of hydrogen-bond donors (Lipinski definition) is 0. The summed E-state index contributed by atoms with van der Waals surface area (Å²) in [4.78, 5) is 18.5. The number of hydrogen-bond acceptors (Lipinski definition) is 3. The molecule has 1 heterocycles. The maximum absolute atomic E-state index is 13.1. The highest BCUT2D eigenvalue weighted by molar-refractivity contribution is 5.90. The van der Waals surface area contributed by atoms with Crippen LogP contribution in [-0.4, -0.2) is 32.6 Å². The molecule has 1 unspecified atom stereocenters. The highest BCUT2D eigenvalue weighted by atomic mass is 19.1. The van der Waals surface area contributed by atoms with Crippen molar-refractivity contribution in [3.05, 3.63) is 77.4 Å². The third-order valence-electron chi connectivity index (χ3n) is 4.29. The molecule has 0 aliphatic heterocycles. The molecular formula is C19H18F2N4O. The van der Waals surface area contributed by atoms with Crippen LogP contribution >= 0.6 is 0 Å². The van der Waals surface area contributed by atoms with E-state index in [0.717, 1.165) is 5.56 Å². The molecule has 0 saturated heterocycles. The third-order valence-corrected chi connectivity index (χ3v) is 4.29. The van der Waals surface area contributed by atoms with Crippen molar-refractivity contribution in [2.75, 3.05) is 7.05 Å². The molecule has 26 heavy (non-hydrogen) atoms. The van der Waals surface area contributed by atoms with Crippen LogP contribution in [0.15, 0.2) is 48.5 Å². The summed E-state index contributed by atoms with van der Waals surface area (Å²) in [5.74, 6) is -0.474. The van der Waals surface area contributed by atoms with Gasteiger partial charge in [0, 0.05) is 7.05 Å². The summed E-state index contributed by atoms with van der Waals surface area (Å²) in [5, 5.41) is 4.25. The second-order valence-corrected chi connectivity index (χ2v) is 6.01. The van der Waals surface area contributed by atoms with Crippen LogP contribution in [0.4, 0.5) is 8.78 Å². The first-order valence-corrected chi connectivity index (χ1v) is 8.09. The summed E-state index contributed by atoms with van der Waals surface area (Å²) in [5.41, 5.74) is 1.42. The van der Waals surface area contributed by atoms with Gasteiger partial charge in [-0.1, -0.05) is 12.1 Å². The molecular weight excluding hydrogens is 338 g/mol. The average Bonchev–Trinajstić information content (AvgIpc) is 3.03. The Labute approximate surface area is 149 Å². The zero-order chi connectivity index (χ0) is 18.8. The summed E-state index contributed by atoms with van der Waals surface area (Å²) < 4.78 is 27.7. The zero-order valence-electron chi connectivity index (χ0n) is 14.6. The van der Waals surface area contributed by atoms with E-state index in [0.29, 0.717) is 11.5 Å². The van der Waals surface area contributed by atoms with Gasteiger partial charge in [0.15, 0.2) is 0 Å². The standard InChI is InChI=1S/C19H18F2N4O/c1-12(14-4-6-15(20)7-5-14)24(3)19(26)18-22-13(2)25(23-18)17-10-8-16(21)9-11-17/h4-12H,1-3H3. The van der Waals surface area contributed by atoms with E-state index in [-0.39, 0.29) is 29.4 Å². The number of amides is 1. The maximum Gasteiger partial charge on any atom is 0.293 e. The number of aromatic nitrogens is 3. The Morgan fingerprint density at radius 1 is 1.04 bits per heavy atom. The van der Waals surface area contributed by atoms with Crippen molar-refractivity contribution in [3.63, 3.8) is 0 Å². The fraction of sp³-hybridized carbons (Fsp3) is 0.211. The second-order valence-electron chi connectivity index (χ2n) is 6.01. The van der Waals surface area contributed by atoms with Crippen LogP contribution in [0.2, 0.25) is 0 Å². The lowest BCUT2D eigenvalue weighted by Crippen LogP contribution is -2.30. The lowest BCUT2D eigenvalue weighted by atomic mass is 10.1. The van der Waals surface area contributed by atoms with Gasteiger partial charge >= 0.3 is 0 Å². The Balaban J connectivity index is 1.84. The Bertz CT molecular complexity index is 920. The fourth-order valence-electron chi connectivity index (χ4n) is 2.61. The van der Waals surface area contributed by atoms with Crippen molar-refractivity contribution in [1.82, 2.24) is 19.7 Å². The number of nitrogens with zero attached hydrogens (tertiary/aromatic N) is 4. The molecule has 0 N–H and O–H groups in total. The van der Waals surface area contributed by atoms with E-state index < -0.39 is 0 Å². The molecule has 0 bridgehead atoms. The van der Waals surface area contributed by atoms with Gasteiger partial charge in [-0.3, -0.25) is 4.79 Å². The van der Waals surface area contributed by atoms with Gasteiger partial charge in [-0.05, 0) is 55.8 Å². The smallest absolute Gasteiger partial charge is 0.293 e. The molecule has 0 aliphatic carbocycles. The first kappa shape index (κ1) is 17.7. The van der Waals surface area contributed by atoms with Crippen LogP contribution in [0, 0.1) is 18.6 Å². The van der Waals surface area contributed by atoms with Crippen molar-refractivity contribution in [2.24, 2.45) is 0 Å². The topological polar surface area (TPSA) is 51.0 Å². The highest BCUT2D eigenvalue weighted by Crippen LogP contribution is 2.21. The van der Waals surface area contributed by atoms with Crippen LogP contribution in [-0.2, 0) is 0 Å². The molecule has 0 radical (unpaired) electrons.